The highest BCUT2D eigenvalue weighted by molar-refractivity contribution is 5.80. The molecule has 8 aromatic carbocycles. The first-order chi connectivity index (χ1) is 28.7. The van der Waals surface area contributed by atoms with Crippen LogP contribution in [0.25, 0.3) is 56.2 Å². The van der Waals surface area contributed by atoms with Crippen molar-refractivity contribution < 1.29 is 4.74 Å². The van der Waals surface area contributed by atoms with Crippen LogP contribution < -0.4 is 4.74 Å². The zero-order valence-electron chi connectivity index (χ0n) is 31.5. The maximum Gasteiger partial charge on any atom is 0.160 e. The number of hydrogen-bond donors (Lipinski definition) is 0. The van der Waals surface area contributed by atoms with Crippen molar-refractivity contribution in [3.05, 3.63) is 240 Å². The molecule has 0 saturated heterocycles. The van der Waals surface area contributed by atoms with Crippen LogP contribution in [0.15, 0.2) is 212 Å². The van der Waals surface area contributed by atoms with Gasteiger partial charge < -0.3 is 4.74 Å². The highest BCUT2D eigenvalue weighted by atomic mass is 16.5. The molecule has 0 spiro atoms. The molecule has 0 radical (unpaired) electrons. The lowest BCUT2D eigenvalue weighted by atomic mass is 9.63. The second kappa shape index (κ2) is 14.7. The lowest BCUT2D eigenvalue weighted by molar-refractivity contribution is 0.434. The standard InChI is InChI=1S/C54H35N3O/c55-36-37-26-28-39(29-27-37)50-35-49(38-14-4-1-5-15-38)56-53(57-50)44-19-13-18-42(33-44)40-16-12-17-41(32-40)43-30-31-52-48(34-43)54(45-20-6-2-7-21-45,46-22-8-3-9-23-46)47-24-10-11-25-51(47)58-52/h1-35H. The van der Waals surface area contributed by atoms with Crippen LogP contribution in [0.1, 0.15) is 27.8 Å². The first-order valence-electron chi connectivity index (χ1n) is 19.4. The van der Waals surface area contributed by atoms with E-state index in [1.54, 1.807) is 0 Å². The van der Waals surface area contributed by atoms with Gasteiger partial charge in [-0.1, -0.05) is 164 Å². The molecule has 0 atom stereocenters. The van der Waals surface area contributed by atoms with Gasteiger partial charge in [-0.2, -0.15) is 5.26 Å². The predicted octanol–water partition coefficient (Wildman–Crippen LogP) is 13.2. The molecule has 0 unspecified atom stereocenters. The molecule has 0 aliphatic carbocycles. The van der Waals surface area contributed by atoms with Crippen LogP contribution in [0.5, 0.6) is 11.5 Å². The minimum atomic E-state index is -0.598. The molecule has 2 heterocycles. The predicted molar refractivity (Wildman–Crippen MR) is 232 cm³/mol. The fourth-order valence-corrected chi connectivity index (χ4v) is 8.30. The molecule has 0 N–H and O–H groups in total. The Balaban J connectivity index is 1.08. The SMILES string of the molecule is N#Cc1ccc(-c2cc(-c3ccccc3)nc(-c3cccc(-c4cccc(-c5ccc6c(c5)C(c5ccccc5)(c5ccccc5)c5ccccc5O6)c4)c3)n2)cc1. The zero-order valence-corrected chi connectivity index (χ0v) is 31.5. The van der Waals surface area contributed by atoms with Crippen molar-refractivity contribution >= 4 is 0 Å². The van der Waals surface area contributed by atoms with E-state index in [1.807, 2.05) is 54.6 Å². The average molecular weight is 742 g/mol. The number of rotatable bonds is 7. The number of nitriles is 1. The number of benzene rings is 8. The molecule has 0 fully saturated rings. The van der Waals surface area contributed by atoms with Gasteiger partial charge >= 0.3 is 0 Å². The van der Waals surface area contributed by atoms with Crippen LogP contribution in [0.4, 0.5) is 0 Å². The van der Waals surface area contributed by atoms with Crippen molar-refractivity contribution in [2.75, 3.05) is 0 Å². The van der Waals surface area contributed by atoms with E-state index in [4.69, 9.17) is 14.7 Å². The second-order valence-electron chi connectivity index (χ2n) is 14.5. The minimum Gasteiger partial charge on any atom is -0.457 e. The lowest BCUT2D eigenvalue weighted by Crippen LogP contribution is -2.34. The summed E-state index contributed by atoms with van der Waals surface area (Å²) in [7, 11) is 0. The van der Waals surface area contributed by atoms with Crippen molar-refractivity contribution in [3.8, 4) is 73.7 Å². The highest BCUT2D eigenvalue weighted by Gasteiger charge is 2.45. The quantitative estimate of drug-likeness (QED) is 0.163. The Morgan fingerprint density at radius 3 is 1.47 bits per heavy atom. The average Bonchev–Trinajstić information content (AvgIpc) is 3.31. The lowest BCUT2D eigenvalue weighted by Gasteiger charge is -2.41. The van der Waals surface area contributed by atoms with Crippen molar-refractivity contribution in [2.45, 2.75) is 5.41 Å². The fraction of sp³-hybridized carbons (Fsp3) is 0.0185. The van der Waals surface area contributed by atoms with Crippen molar-refractivity contribution in [3.63, 3.8) is 0 Å². The fourth-order valence-electron chi connectivity index (χ4n) is 8.30. The molecule has 58 heavy (non-hydrogen) atoms. The highest BCUT2D eigenvalue weighted by Crippen LogP contribution is 2.55. The van der Waals surface area contributed by atoms with E-state index in [2.05, 4.69) is 164 Å². The van der Waals surface area contributed by atoms with E-state index < -0.39 is 5.41 Å². The van der Waals surface area contributed by atoms with Crippen LogP contribution in [0.2, 0.25) is 0 Å². The molecule has 1 aliphatic rings. The molecule has 4 heteroatoms. The van der Waals surface area contributed by atoms with Crippen molar-refractivity contribution in [2.24, 2.45) is 0 Å². The smallest absolute Gasteiger partial charge is 0.160 e. The van der Waals surface area contributed by atoms with Gasteiger partial charge in [0, 0.05) is 27.8 Å². The molecule has 0 saturated carbocycles. The molecule has 10 rings (SSSR count). The maximum atomic E-state index is 9.39. The first-order valence-corrected chi connectivity index (χ1v) is 19.4. The van der Waals surface area contributed by atoms with Crippen molar-refractivity contribution in [1.82, 2.24) is 9.97 Å². The molecule has 1 aliphatic heterocycles. The Hall–Kier alpha value is -7.87. The molecule has 272 valence electrons. The van der Waals surface area contributed by atoms with Gasteiger partial charge in [-0.05, 0) is 81.9 Å². The normalized spacial score (nSPS) is 12.4. The summed E-state index contributed by atoms with van der Waals surface area (Å²) in [4.78, 5) is 10.1. The van der Waals surface area contributed by atoms with E-state index >= 15 is 0 Å². The minimum absolute atomic E-state index is 0.598. The van der Waals surface area contributed by atoms with E-state index in [9.17, 15) is 5.26 Å². The van der Waals surface area contributed by atoms with Crippen molar-refractivity contribution in [1.29, 1.82) is 5.26 Å². The molecular weight excluding hydrogens is 707 g/mol. The molecule has 4 nitrogen and oxygen atoms in total. The first kappa shape index (κ1) is 34.6. The topological polar surface area (TPSA) is 58.8 Å². The molecule has 0 bridgehead atoms. The van der Waals surface area contributed by atoms with E-state index in [0.717, 1.165) is 73.0 Å². The Bertz CT molecular complexity index is 2930. The van der Waals surface area contributed by atoms with Crippen LogP contribution in [0.3, 0.4) is 0 Å². The molecular formula is C54H35N3O. The van der Waals surface area contributed by atoms with Crippen LogP contribution in [0, 0.1) is 11.3 Å². The number of aromatic nitrogens is 2. The molecule has 1 aromatic heterocycles. The maximum absolute atomic E-state index is 9.39. The van der Waals surface area contributed by atoms with Gasteiger partial charge in [0.1, 0.15) is 11.5 Å². The van der Waals surface area contributed by atoms with Crippen LogP contribution in [-0.4, -0.2) is 9.97 Å². The summed E-state index contributed by atoms with van der Waals surface area (Å²) < 4.78 is 6.67. The summed E-state index contributed by atoms with van der Waals surface area (Å²) in [5, 5.41) is 9.39. The van der Waals surface area contributed by atoms with Gasteiger partial charge in [-0.15, -0.1) is 0 Å². The summed E-state index contributed by atoms with van der Waals surface area (Å²) in [5.41, 5.74) is 13.4. The molecule has 9 aromatic rings. The van der Waals surface area contributed by atoms with E-state index in [1.165, 1.54) is 11.1 Å². The monoisotopic (exact) mass is 741 g/mol. The van der Waals surface area contributed by atoms with Crippen LogP contribution >= 0.6 is 0 Å². The van der Waals surface area contributed by atoms with Gasteiger partial charge in [-0.25, -0.2) is 9.97 Å². The summed E-state index contributed by atoms with van der Waals surface area (Å²) in [6.07, 6.45) is 0. The van der Waals surface area contributed by atoms with E-state index in [0.29, 0.717) is 11.4 Å². The Labute approximate surface area is 338 Å². The second-order valence-corrected chi connectivity index (χ2v) is 14.5. The number of ether oxygens (including phenoxy) is 1. The zero-order chi connectivity index (χ0) is 38.9. The summed E-state index contributed by atoms with van der Waals surface area (Å²) >= 11 is 0. The van der Waals surface area contributed by atoms with Gasteiger partial charge in [0.2, 0.25) is 0 Å². The van der Waals surface area contributed by atoms with Gasteiger partial charge in [0.05, 0.1) is 28.4 Å². The Morgan fingerprint density at radius 1 is 0.379 bits per heavy atom. The molecule has 0 amide bonds. The Kier molecular flexibility index (Phi) is 8.74. The summed E-state index contributed by atoms with van der Waals surface area (Å²) in [5.74, 6) is 2.34. The number of hydrogen-bond acceptors (Lipinski definition) is 4. The van der Waals surface area contributed by atoms with Gasteiger partial charge in [-0.3, -0.25) is 0 Å². The number of fused-ring (bicyclic) bond motifs is 2. The van der Waals surface area contributed by atoms with Gasteiger partial charge in [0.15, 0.2) is 5.82 Å². The third kappa shape index (κ3) is 6.12. The summed E-state index contributed by atoms with van der Waals surface area (Å²) in [6, 6.07) is 75.6. The number of nitrogens with zero attached hydrogens (tertiary/aromatic N) is 3. The van der Waals surface area contributed by atoms with Crippen LogP contribution in [-0.2, 0) is 5.41 Å². The third-order valence-corrected chi connectivity index (χ3v) is 11.1. The number of para-hydroxylation sites is 1. The third-order valence-electron chi connectivity index (χ3n) is 11.1. The largest absolute Gasteiger partial charge is 0.457 e. The van der Waals surface area contributed by atoms with Gasteiger partial charge in [0.25, 0.3) is 0 Å². The Morgan fingerprint density at radius 2 is 0.845 bits per heavy atom. The van der Waals surface area contributed by atoms with E-state index in [-0.39, 0.29) is 0 Å². The summed E-state index contributed by atoms with van der Waals surface area (Å²) in [6.45, 7) is 0.